The quantitative estimate of drug-likeness (QED) is 0.710. The van der Waals surface area contributed by atoms with Gasteiger partial charge in [0, 0.05) is 15.0 Å². The lowest BCUT2D eigenvalue weighted by Crippen LogP contribution is -2.35. The molecule has 0 amide bonds. The smallest absolute Gasteiger partial charge is 0.263 e. The predicted octanol–water partition coefficient (Wildman–Crippen LogP) is 4.35. The summed E-state index contributed by atoms with van der Waals surface area (Å²) >= 11 is 6.69. The second-order valence-electron chi connectivity index (χ2n) is 5.06. The third-order valence-corrected chi connectivity index (χ3v) is 6.99. The fourth-order valence-electron chi connectivity index (χ4n) is 2.68. The number of rotatable bonds is 2. The number of nitrogens with zero attached hydrogens (tertiary/aromatic N) is 1. The van der Waals surface area contributed by atoms with E-state index >= 15 is 0 Å². The molecule has 0 saturated heterocycles. The zero-order chi connectivity index (χ0) is 15.2. The fraction of sp³-hybridized carbons (Fsp3) is 0.200. The minimum Gasteiger partial charge on any atom is -0.263 e. The van der Waals surface area contributed by atoms with Gasteiger partial charge in [-0.05, 0) is 59.1 Å². The molecule has 3 rings (SSSR count). The summed E-state index contributed by atoms with van der Waals surface area (Å²) in [5.74, 6) is 0. The van der Waals surface area contributed by atoms with E-state index in [1.54, 1.807) is 12.1 Å². The maximum absolute atomic E-state index is 13.1. The number of sulfonamides is 1. The molecule has 0 aromatic heterocycles. The maximum atomic E-state index is 13.1. The molecule has 1 heterocycles. The van der Waals surface area contributed by atoms with Crippen LogP contribution in [0.3, 0.4) is 0 Å². The van der Waals surface area contributed by atoms with Crippen LogP contribution in [0.5, 0.6) is 0 Å². The van der Waals surface area contributed by atoms with E-state index in [-0.39, 0.29) is 10.9 Å². The van der Waals surface area contributed by atoms with E-state index in [2.05, 4.69) is 31.9 Å². The van der Waals surface area contributed by atoms with Crippen molar-refractivity contribution < 1.29 is 8.42 Å². The highest BCUT2D eigenvalue weighted by atomic mass is 79.9. The highest BCUT2D eigenvalue weighted by Crippen LogP contribution is 2.38. The number of hydrogen-bond donors (Lipinski definition) is 0. The van der Waals surface area contributed by atoms with Crippen LogP contribution < -0.4 is 4.31 Å². The first kappa shape index (κ1) is 15.1. The summed E-state index contributed by atoms with van der Waals surface area (Å²) in [4.78, 5) is 0.278. The van der Waals surface area contributed by atoms with E-state index in [9.17, 15) is 8.42 Å². The topological polar surface area (TPSA) is 37.4 Å². The van der Waals surface area contributed by atoms with Crippen LogP contribution in [-0.2, 0) is 16.4 Å². The molecular weight excluding hydrogens is 418 g/mol. The second kappa shape index (κ2) is 5.41. The van der Waals surface area contributed by atoms with Crippen molar-refractivity contribution in [2.24, 2.45) is 0 Å². The number of anilines is 1. The van der Waals surface area contributed by atoms with Crippen molar-refractivity contribution in [3.63, 3.8) is 0 Å². The summed E-state index contributed by atoms with van der Waals surface area (Å²) < 4.78 is 28.9. The standard InChI is InChI=1S/C15H13Br2NO2S/c1-10-8-11-4-2-3-5-14(11)18(10)21(19,20)15-9-12(16)6-7-13(15)17/h2-7,9-10H,8H2,1H3/t10-/m0/s1. The predicted molar refractivity (Wildman–Crippen MR) is 91.1 cm³/mol. The van der Waals surface area contributed by atoms with Crippen molar-refractivity contribution in [2.45, 2.75) is 24.3 Å². The normalized spacial score (nSPS) is 17.9. The van der Waals surface area contributed by atoms with Crippen molar-refractivity contribution >= 4 is 47.6 Å². The number of hydrogen-bond acceptors (Lipinski definition) is 2. The number of para-hydroxylation sites is 1. The lowest BCUT2D eigenvalue weighted by Gasteiger charge is -2.25. The second-order valence-corrected chi connectivity index (χ2v) is 8.61. The van der Waals surface area contributed by atoms with Gasteiger partial charge >= 0.3 is 0 Å². The monoisotopic (exact) mass is 429 g/mol. The SMILES string of the molecule is C[C@H]1Cc2ccccc2N1S(=O)(=O)c1cc(Br)ccc1Br. The van der Waals surface area contributed by atoms with Crippen LogP contribution in [-0.4, -0.2) is 14.5 Å². The molecule has 0 fully saturated rings. The summed E-state index contributed by atoms with van der Waals surface area (Å²) in [6.07, 6.45) is 0.737. The van der Waals surface area contributed by atoms with E-state index in [0.717, 1.165) is 22.1 Å². The molecule has 0 spiro atoms. The van der Waals surface area contributed by atoms with Crippen LogP contribution in [0.1, 0.15) is 12.5 Å². The highest BCUT2D eigenvalue weighted by Gasteiger charge is 2.36. The minimum absolute atomic E-state index is 0.0849. The van der Waals surface area contributed by atoms with Gasteiger partial charge in [0.1, 0.15) is 4.90 Å². The summed E-state index contributed by atoms with van der Waals surface area (Å²) in [5, 5.41) is 0. The highest BCUT2D eigenvalue weighted by molar-refractivity contribution is 9.11. The molecule has 1 aliphatic heterocycles. The van der Waals surface area contributed by atoms with Crippen molar-refractivity contribution in [3.8, 4) is 0 Å². The number of halogens is 2. The number of benzene rings is 2. The van der Waals surface area contributed by atoms with Crippen LogP contribution in [0, 0.1) is 0 Å². The fourth-order valence-corrected chi connectivity index (χ4v) is 5.84. The molecule has 1 atom stereocenters. The van der Waals surface area contributed by atoms with Gasteiger partial charge in [0.2, 0.25) is 0 Å². The van der Waals surface area contributed by atoms with E-state index < -0.39 is 10.0 Å². The molecule has 2 aromatic carbocycles. The lowest BCUT2D eigenvalue weighted by molar-refractivity contribution is 0.583. The van der Waals surface area contributed by atoms with Crippen LogP contribution in [0.4, 0.5) is 5.69 Å². The molecule has 0 unspecified atom stereocenters. The Labute approximate surface area is 141 Å². The molecular formula is C15H13Br2NO2S. The molecule has 1 aliphatic rings. The lowest BCUT2D eigenvalue weighted by atomic mass is 10.1. The first-order valence-electron chi connectivity index (χ1n) is 6.48. The van der Waals surface area contributed by atoms with Crippen molar-refractivity contribution in [1.29, 1.82) is 0 Å². The van der Waals surface area contributed by atoms with Gasteiger partial charge in [0.05, 0.1) is 5.69 Å². The van der Waals surface area contributed by atoms with E-state index in [4.69, 9.17) is 0 Å². The first-order chi connectivity index (χ1) is 9.91. The molecule has 2 aromatic rings. The summed E-state index contributed by atoms with van der Waals surface area (Å²) in [5.41, 5.74) is 1.84. The molecule has 0 saturated carbocycles. The Bertz CT molecular complexity index is 805. The summed E-state index contributed by atoms with van der Waals surface area (Å²) in [6, 6.07) is 12.8. The Hall–Kier alpha value is -0.850. The zero-order valence-corrected chi connectivity index (χ0v) is 15.2. The maximum Gasteiger partial charge on any atom is 0.265 e. The molecule has 0 aliphatic carbocycles. The molecule has 110 valence electrons. The van der Waals surface area contributed by atoms with Crippen molar-refractivity contribution in [1.82, 2.24) is 0 Å². The minimum atomic E-state index is -3.60. The van der Waals surface area contributed by atoms with Crippen LogP contribution >= 0.6 is 31.9 Å². The van der Waals surface area contributed by atoms with Gasteiger partial charge in [-0.25, -0.2) is 8.42 Å². The van der Waals surface area contributed by atoms with Crippen LogP contribution in [0.2, 0.25) is 0 Å². The summed E-state index contributed by atoms with van der Waals surface area (Å²) in [6.45, 7) is 1.93. The molecule has 3 nitrogen and oxygen atoms in total. The van der Waals surface area contributed by atoms with Gasteiger partial charge in [-0.1, -0.05) is 34.1 Å². The zero-order valence-electron chi connectivity index (χ0n) is 11.3. The van der Waals surface area contributed by atoms with Gasteiger partial charge in [-0.2, -0.15) is 0 Å². The van der Waals surface area contributed by atoms with Gasteiger partial charge in [0.25, 0.3) is 10.0 Å². The molecule has 21 heavy (non-hydrogen) atoms. The Balaban J connectivity index is 2.17. The molecule has 0 bridgehead atoms. The van der Waals surface area contributed by atoms with Gasteiger partial charge < -0.3 is 0 Å². The van der Waals surface area contributed by atoms with E-state index in [0.29, 0.717) is 4.47 Å². The van der Waals surface area contributed by atoms with Gasteiger partial charge in [-0.15, -0.1) is 0 Å². The number of fused-ring (bicyclic) bond motifs is 1. The Morgan fingerprint density at radius 1 is 1.14 bits per heavy atom. The van der Waals surface area contributed by atoms with Crippen molar-refractivity contribution in [2.75, 3.05) is 4.31 Å². The average molecular weight is 431 g/mol. The van der Waals surface area contributed by atoms with Crippen LogP contribution in [0.25, 0.3) is 0 Å². The van der Waals surface area contributed by atoms with Crippen molar-refractivity contribution in [3.05, 3.63) is 57.0 Å². The first-order valence-corrected chi connectivity index (χ1v) is 9.51. The van der Waals surface area contributed by atoms with Gasteiger partial charge in [0.15, 0.2) is 0 Å². The summed E-state index contributed by atoms with van der Waals surface area (Å²) in [7, 11) is -3.60. The Morgan fingerprint density at radius 3 is 2.62 bits per heavy atom. The van der Waals surface area contributed by atoms with Crippen LogP contribution in [0.15, 0.2) is 56.3 Å². The third-order valence-electron chi connectivity index (χ3n) is 3.57. The van der Waals surface area contributed by atoms with E-state index in [1.807, 2.05) is 37.3 Å². The van der Waals surface area contributed by atoms with Gasteiger partial charge in [-0.3, -0.25) is 4.31 Å². The van der Waals surface area contributed by atoms with E-state index in [1.165, 1.54) is 4.31 Å². The largest absolute Gasteiger partial charge is 0.265 e. The average Bonchev–Trinajstić information content (AvgIpc) is 2.77. The molecule has 6 heteroatoms. The third kappa shape index (κ3) is 2.53. The Kier molecular flexibility index (Phi) is 3.88. The Morgan fingerprint density at radius 2 is 1.86 bits per heavy atom. The molecule has 0 N–H and O–H groups in total. The molecule has 0 radical (unpaired) electrons.